The van der Waals surface area contributed by atoms with Crippen LogP contribution in [0.15, 0.2) is 42.5 Å². The van der Waals surface area contributed by atoms with Crippen LogP contribution >= 0.6 is 23.2 Å². The summed E-state index contributed by atoms with van der Waals surface area (Å²) in [5.74, 6) is 0. The van der Waals surface area contributed by atoms with Gasteiger partial charge in [0.15, 0.2) is 0 Å². The van der Waals surface area contributed by atoms with Crippen molar-refractivity contribution in [1.29, 1.82) is 0 Å². The topological polar surface area (TPSA) is 17.1 Å². The maximum Gasteiger partial charge on any atom is 0.417 e. The van der Waals surface area contributed by atoms with Crippen molar-refractivity contribution in [3.05, 3.63) is 58.6 Å². The van der Waals surface area contributed by atoms with Gasteiger partial charge in [-0.15, -0.1) is 0 Å². The molecule has 0 N–H and O–H groups in total. The van der Waals surface area contributed by atoms with E-state index in [4.69, 9.17) is 23.2 Å². The van der Waals surface area contributed by atoms with Crippen LogP contribution < -0.4 is 0 Å². The first-order valence-electron chi connectivity index (χ1n) is 5.47. The molecule has 0 bridgehead atoms. The Kier molecular flexibility index (Phi) is 4.06. The number of carbonyl (C=O) groups is 1. The molecule has 104 valence electrons. The van der Waals surface area contributed by atoms with Gasteiger partial charge in [-0.25, -0.2) is 0 Å². The summed E-state index contributed by atoms with van der Waals surface area (Å²) in [4.78, 5) is 11.4. The van der Waals surface area contributed by atoms with Crippen molar-refractivity contribution < 1.29 is 18.0 Å². The van der Waals surface area contributed by atoms with E-state index >= 15 is 0 Å². The highest BCUT2D eigenvalue weighted by molar-refractivity contribution is 6.69. The second-order valence-corrected chi connectivity index (χ2v) is 4.73. The molecule has 6 heteroatoms. The summed E-state index contributed by atoms with van der Waals surface area (Å²) in [6, 6.07) is 9.20. The predicted molar refractivity (Wildman–Crippen MR) is 72.1 cm³/mol. The van der Waals surface area contributed by atoms with Crippen LogP contribution in [0.3, 0.4) is 0 Å². The van der Waals surface area contributed by atoms with Crippen LogP contribution in [0.25, 0.3) is 11.1 Å². The fourth-order valence-electron chi connectivity index (χ4n) is 1.91. The first-order valence-corrected chi connectivity index (χ1v) is 6.23. The fourth-order valence-corrected chi connectivity index (χ4v) is 2.43. The lowest BCUT2D eigenvalue weighted by Gasteiger charge is -2.15. The summed E-state index contributed by atoms with van der Waals surface area (Å²) < 4.78 is 39.0. The third-order valence-corrected chi connectivity index (χ3v) is 3.24. The Bertz CT molecular complexity index is 666. The first kappa shape index (κ1) is 14.9. The van der Waals surface area contributed by atoms with Crippen molar-refractivity contribution in [2.45, 2.75) is 6.18 Å². The van der Waals surface area contributed by atoms with Crippen molar-refractivity contribution in [3.8, 4) is 11.1 Å². The van der Waals surface area contributed by atoms with E-state index in [-0.39, 0.29) is 21.7 Å². The van der Waals surface area contributed by atoms with Crippen molar-refractivity contribution in [1.82, 2.24) is 0 Å². The van der Waals surface area contributed by atoms with E-state index in [9.17, 15) is 18.0 Å². The minimum atomic E-state index is -4.54. The molecule has 0 heterocycles. The van der Waals surface area contributed by atoms with Crippen molar-refractivity contribution in [2.75, 3.05) is 0 Å². The quantitative estimate of drug-likeness (QED) is 0.677. The van der Waals surface area contributed by atoms with E-state index in [1.165, 1.54) is 36.4 Å². The summed E-state index contributed by atoms with van der Waals surface area (Å²) in [6.45, 7) is 0. The minimum absolute atomic E-state index is 0.0134. The molecule has 2 rings (SSSR count). The zero-order valence-electron chi connectivity index (χ0n) is 9.84. The van der Waals surface area contributed by atoms with Crippen molar-refractivity contribution >= 4 is 28.4 Å². The zero-order valence-corrected chi connectivity index (χ0v) is 11.4. The summed E-state index contributed by atoms with van der Waals surface area (Å²) in [5, 5.41) is -0.887. The summed E-state index contributed by atoms with van der Waals surface area (Å²) in [5.41, 5.74) is -1.05. The van der Waals surface area contributed by atoms with Gasteiger partial charge in [-0.2, -0.15) is 13.2 Å². The maximum atomic E-state index is 13.0. The number of rotatable bonds is 2. The molecule has 0 spiro atoms. The molecule has 0 aliphatic carbocycles. The number of halogens is 5. The molecule has 0 fully saturated rings. The van der Waals surface area contributed by atoms with Gasteiger partial charge in [0.1, 0.15) is 0 Å². The van der Waals surface area contributed by atoms with E-state index in [0.29, 0.717) is 0 Å². The molecule has 0 aliphatic heterocycles. The highest BCUT2D eigenvalue weighted by atomic mass is 35.5. The lowest BCUT2D eigenvalue weighted by atomic mass is 9.95. The summed E-state index contributed by atoms with van der Waals surface area (Å²) >= 11 is 11.3. The first-order chi connectivity index (χ1) is 9.32. The van der Waals surface area contributed by atoms with E-state index < -0.39 is 17.0 Å². The van der Waals surface area contributed by atoms with Gasteiger partial charge in [0.05, 0.1) is 16.1 Å². The second-order valence-electron chi connectivity index (χ2n) is 3.98. The van der Waals surface area contributed by atoms with Crippen LogP contribution in [0.5, 0.6) is 0 Å². The smallest absolute Gasteiger partial charge is 0.276 e. The molecule has 0 saturated heterocycles. The van der Waals surface area contributed by atoms with E-state index in [1.807, 2.05) is 0 Å². The Morgan fingerprint density at radius 1 is 0.950 bits per heavy atom. The zero-order chi connectivity index (χ0) is 14.9. The van der Waals surface area contributed by atoms with Crippen LogP contribution in [0.2, 0.25) is 5.02 Å². The Morgan fingerprint density at radius 2 is 1.55 bits per heavy atom. The minimum Gasteiger partial charge on any atom is -0.276 e. The number of hydrogen-bond acceptors (Lipinski definition) is 1. The number of hydrogen-bond donors (Lipinski definition) is 0. The van der Waals surface area contributed by atoms with Gasteiger partial charge in [0.25, 0.3) is 5.24 Å². The van der Waals surface area contributed by atoms with E-state index in [1.54, 1.807) is 0 Å². The third kappa shape index (κ3) is 2.81. The highest BCUT2D eigenvalue weighted by Gasteiger charge is 2.34. The molecule has 2 aromatic carbocycles. The molecule has 20 heavy (non-hydrogen) atoms. The van der Waals surface area contributed by atoms with Gasteiger partial charge in [-0.05, 0) is 34.9 Å². The molecule has 1 nitrogen and oxygen atoms in total. The van der Waals surface area contributed by atoms with Crippen LogP contribution in [-0.2, 0) is 6.18 Å². The molecule has 0 aliphatic rings. The lowest BCUT2D eigenvalue weighted by Crippen LogP contribution is -2.08. The maximum absolute atomic E-state index is 13.0. The monoisotopic (exact) mass is 318 g/mol. The highest BCUT2D eigenvalue weighted by Crippen LogP contribution is 2.39. The van der Waals surface area contributed by atoms with Crippen molar-refractivity contribution in [3.63, 3.8) is 0 Å². The van der Waals surface area contributed by atoms with E-state index in [2.05, 4.69) is 0 Å². The van der Waals surface area contributed by atoms with Crippen LogP contribution in [0.4, 0.5) is 13.2 Å². The predicted octanol–water partition coefficient (Wildman–Crippen LogP) is 5.40. The number of alkyl halides is 3. The van der Waals surface area contributed by atoms with Gasteiger partial charge >= 0.3 is 6.18 Å². The van der Waals surface area contributed by atoms with Crippen molar-refractivity contribution in [2.24, 2.45) is 0 Å². The molecule has 0 amide bonds. The largest absolute Gasteiger partial charge is 0.417 e. The molecule has 0 aromatic heterocycles. The van der Waals surface area contributed by atoms with E-state index in [0.717, 1.165) is 6.07 Å². The molecular formula is C14H7Cl2F3O. The number of benzene rings is 2. The average molecular weight is 319 g/mol. The third-order valence-electron chi connectivity index (χ3n) is 2.73. The fraction of sp³-hybridized carbons (Fsp3) is 0.0714. The van der Waals surface area contributed by atoms with Crippen LogP contribution in [-0.4, -0.2) is 5.24 Å². The summed E-state index contributed by atoms with van der Waals surface area (Å²) in [7, 11) is 0. The van der Waals surface area contributed by atoms with Crippen LogP contribution in [0, 0.1) is 0 Å². The van der Waals surface area contributed by atoms with Gasteiger partial charge in [0.2, 0.25) is 0 Å². The molecule has 0 unspecified atom stereocenters. The standard InChI is InChI=1S/C14H7Cl2F3O/c15-11-7-3-5-9(12(11)13(16)20)8-4-1-2-6-10(8)14(17,18)19/h1-7H. The number of carbonyl (C=O) groups excluding carboxylic acids is 1. The van der Waals surface area contributed by atoms with Gasteiger partial charge in [-0.3, -0.25) is 4.79 Å². The Labute approximate surface area is 122 Å². The molecule has 2 aromatic rings. The molecular weight excluding hydrogens is 312 g/mol. The molecule has 0 radical (unpaired) electrons. The van der Waals surface area contributed by atoms with Gasteiger partial charge < -0.3 is 0 Å². The Balaban J connectivity index is 2.77. The lowest BCUT2D eigenvalue weighted by molar-refractivity contribution is -0.137. The summed E-state index contributed by atoms with van der Waals surface area (Å²) in [6.07, 6.45) is -4.54. The molecule has 0 saturated carbocycles. The Morgan fingerprint density at radius 3 is 2.15 bits per heavy atom. The second kappa shape index (κ2) is 5.46. The van der Waals surface area contributed by atoms with Crippen LogP contribution in [0.1, 0.15) is 15.9 Å². The van der Waals surface area contributed by atoms with Gasteiger partial charge in [0, 0.05) is 0 Å². The average Bonchev–Trinajstić information content (AvgIpc) is 2.37. The molecule has 0 atom stereocenters. The van der Waals surface area contributed by atoms with Gasteiger partial charge in [-0.1, -0.05) is 41.9 Å². The SMILES string of the molecule is O=C(Cl)c1c(Cl)cccc1-c1ccccc1C(F)(F)F. The normalized spacial score (nSPS) is 11.4. The Hall–Kier alpha value is -1.52.